The molecule has 0 bridgehead atoms. The number of hydrogen-bond donors (Lipinski definition) is 3. The molecule has 0 radical (unpaired) electrons. The molecule has 1 aromatic heterocycles. The van der Waals surface area contributed by atoms with Crippen molar-refractivity contribution in [2.24, 2.45) is 5.92 Å². The van der Waals surface area contributed by atoms with Crippen molar-refractivity contribution in [3.05, 3.63) is 0 Å². The second-order valence-corrected chi connectivity index (χ2v) is 3.92. The average Bonchev–Trinajstić information content (AvgIpc) is 2.75. The molecule has 1 aliphatic rings. The Kier molecular flexibility index (Phi) is 2.93. The second-order valence-electron chi connectivity index (χ2n) is 3.92. The molecule has 1 amide bonds. The summed E-state index contributed by atoms with van der Waals surface area (Å²) >= 11 is 0. The molecule has 2 rings (SSSR count). The summed E-state index contributed by atoms with van der Waals surface area (Å²) in [4.78, 5) is 17.6. The summed E-state index contributed by atoms with van der Waals surface area (Å²) in [6.07, 6.45) is 1.88. The van der Waals surface area contributed by atoms with Gasteiger partial charge in [-0.05, 0) is 12.8 Å². The van der Waals surface area contributed by atoms with Crippen molar-refractivity contribution in [3.8, 4) is 0 Å². The van der Waals surface area contributed by atoms with E-state index in [0.717, 1.165) is 19.4 Å². The minimum atomic E-state index is 0.0125. The SMILES string of the molecule is CNC(=O)C1CCCN(c2n[nH]c(N)n2)C1. The molecule has 1 aliphatic heterocycles. The molecule has 2 heterocycles. The van der Waals surface area contributed by atoms with Gasteiger partial charge in [-0.1, -0.05) is 0 Å². The number of nitrogen functional groups attached to an aromatic ring is 1. The van der Waals surface area contributed by atoms with Crippen molar-refractivity contribution in [2.45, 2.75) is 12.8 Å². The Morgan fingerprint density at radius 1 is 1.69 bits per heavy atom. The lowest BCUT2D eigenvalue weighted by atomic mass is 9.97. The van der Waals surface area contributed by atoms with Crippen LogP contribution in [0.5, 0.6) is 0 Å². The maximum absolute atomic E-state index is 11.5. The molecule has 7 heteroatoms. The highest BCUT2D eigenvalue weighted by molar-refractivity contribution is 5.79. The average molecular weight is 224 g/mol. The number of carbonyl (C=O) groups excluding carboxylic acids is 1. The summed E-state index contributed by atoms with van der Waals surface area (Å²) in [5.41, 5.74) is 5.47. The molecule has 16 heavy (non-hydrogen) atoms. The lowest BCUT2D eigenvalue weighted by molar-refractivity contribution is -0.124. The van der Waals surface area contributed by atoms with Gasteiger partial charge in [0.25, 0.3) is 0 Å². The molecule has 4 N–H and O–H groups in total. The lowest BCUT2D eigenvalue weighted by Gasteiger charge is -2.30. The van der Waals surface area contributed by atoms with Gasteiger partial charge in [-0.2, -0.15) is 4.98 Å². The van der Waals surface area contributed by atoms with Gasteiger partial charge in [-0.3, -0.25) is 4.79 Å². The summed E-state index contributed by atoms with van der Waals surface area (Å²) in [5, 5.41) is 9.26. The molecule has 88 valence electrons. The van der Waals surface area contributed by atoms with Crippen LogP contribution in [-0.2, 0) is 4.79 Å². The molecule has 0 spiro atoms. The molecule has 0 saturated carbocycles. The number of rotatable bonds is 2. The Labute approximate surface area is 93.4 Å². The summed E-state index contributed by atoms with van der Waals surface area (Å²) in [6.45, 7) is 1.52. The number of amides is 1. The first-order valence-corrected chi connectivity index (χ1v) is 5.35. The van der Waals surface area contributed by atoms with E-state index in [1.807, 2.05) is 4.90 Å². The zero-order valence-electron chi connectivity index (χ0n) is 9.23. The van der Waals surface area contributed by atoms with Gasteiger partial charge in [-0.15, -0.1) is 5.10 Å². The van der Waals surface area contributed by atoms with E-state index < -0.39 is 0 Å². The Bertz CT molecular complexity index is 376. The number of H-pyrrole nitrogens is 1. The van der Waals surface area contributed by atoms with Crippen molar-refractivity contribution in [1.82, 2.24) is 20.5 Å². The highest BCUT2D eigenvalue weighted by Crippen LogP contribution is 2.20. The molecular formula is C9H16N6O. The van der Waals surface area contributed by atoms with Gasteiger partial charge in [0.2, 0.25) is 17.8 Å². The first kappa shape index (κ1) is 10.7. The molecule has 0 aromatic carbocycles. The minimum Gasteiger partial charge on any atom is -0.368 e. The molecule has 1 unspecified atom stereocenters. The van der Waals surface area contributed by atoms with E-state index in [2.05, 4.69) is 20.5 Å². The second kappa shape index (κ2) is 4.38. The molecular weight excluding hydrogens is 208 g/mol. The van der Waals surface area contributed by atoms with E-state index in [9.17, 15) is 4.79 Å². The number of nitrogens with one attached hydrogen (secondary N) is 2. The molecule has 7 nitrogen and oxygen atoms in total. The summed E-state index contributed by atoms with van der Waals surface area (Å²) in [5.74, 6) is 0.967. The Morgan fingerprint density at radius 3 is 3.12 bits per heavy atom. The number of anilines is 2. The summed E-state index contributed by atoms with van der Waals surface area (Å²) < 4.78 is 0. The van der Waals surface area contributed by atoms with Crippen molar-refractivity contribution in [2.75, 3.05) is 30.8 Å². The molecule has 0 aliphatic carbocycles. The number of carbonyl (C=O) groups is 1. The summed E-state index contributed by atoms with van der Waals surface area (Å²) in [7, 11) is 1.66. The predicted molar refractivity (Wildman–Crippen MR) is 59.8 cm³/mol. The van der Waals surface area contributed by atoms with Crippen LogP contribution in [0.4, 0.5) is 11.9 Å². The monoisotopic (exact) mass is 224 g/mol. The van der Waals surface area contributed by atoms with Gasteiger partial charge in [0.15, 0.2) is 0 Å². The van der Waals surface area contributed by atoms with Gasteiger partial charge >= 0.3 is 0 Å². The number of piperidine rings is 1. The third kappa shape index (κ3) is 2.07. The Balaban J connectivity index is 2.04. The third-order valence-electron chi connectivity index (χ3n) is 2.81. The largest absolute Gasteiger partial charge is 0.368 e. The maximum atomic E-state index is 11.5. The fourth-order valence-corrected chi connectivity index (χ4v) is 1.98. The van der Waals surface area contributed by atoms with Crippen LogP contribution in [0.15, 0.2) is 0 Å². The van der Waals surface area contributed by atoms with Crippen LogP contribution in [0.1, 0.15) is 12.8 Å². The topological polar surface area (TPSA) is 99.9 Å². The fraction of sp³-hybridized carbons (Fsp3) is 0.667. The van der Waals surface area contributed by atoms with Crippen molar-refractivity contribution in [3.63, 3.8) is 0 Å². The van der Waals surface area contributed by atoms with Crippen LogP contribution in [0.3, 0.4) is 0 Å². The van der Waals surface area contributed by atoms with Crippen molar-refractivity contribution in [1.29, 1.82) is 0 Å². The zero-order valence-corrected chi connectivity index (χ0v) is 9.23. The lowest BCUT2D eigenvalue weighted by Crippen LogP contribution is -2.42. The van der Waals surface area contributed by atoms with Crippen LogP contribution in [0.25, 0.3) is 0 Å². The molecule has 1 aromatic rings. The first-order chi connectivity index (χ1) is 7.70. The van der Waals surface area contributed by atoms with Crippen LogP contribution in [0.2, 0.25) is 0 Å². The quantitative estimate of drug-likeness (QED) is 0.620. The van der Waals surface area contributed by atoms with E-state index >= 15 is 0 Å². The van der Waals surface area contributed by atoms with Crippen LogP contribution in [0, 0.1) is 5.92 Å². The smallest absolute Gasteiger partial charge is 0.246 e. The minimum absolute atomic E-state index is 0.0125. The predicted octanol–water partition coefficient (Wildman–Crippen LogP) is -0.651. The van der Waals surface area contributed by atoms with Crippen molar-refractivity contribution < 1.29 is 4.79 Å². The van der Waals surface area contributed by atoms with E-state index in [-0.39, 0.29) is 11.8 Å². The third-order valence-corrected chi connectivity index (χ3v) is 2.81. The van der Waals surface area contributed by atoms with Crippen molar-refractivity contribution >= 4 is 17.8 Å². The van der Waals surface area contributed by atoms with Gasteiger partial charge in [0, 0.05) is 20.1 Å². The van der Waals surface area contributed by atoms with E-state index in [4.69, 9.17) is 5.73 Å². The molecule has 1 fully saturated rings. The Morgan fingerprint density at radius 2 is 2.50 bits per heavy atom. The van der Waals surface area contributed by atoms with E-state index in [1.54, 1.807) is 7.05 Å². The van der Waals surface area contributed by atoms with E-state index in [1.165, 1.54) is 0 Å². The van der Waals surface area contributed by atoms with E-state index in [0.29, 0.717) is 18.4 Å². The van der Waals surface area contributed by atoms with Crippen LogP contribution in [-0.4, -0.2) is 41.2 Å². The van der Waals surface area contributed by atoms with Crippen LogP contribution >= 0.6 is 0 Å². The zero-order chi connectivity index (χ0) is 11.5. The highest BCUT2D eigenvalue weighted by atomic mass is 16.1. The van der Waals surface area contributed by atoms with Crippen LogP contribution < -0.4 is 16.0 Å². The number of aromatic amines is 1. The Hall–Kier alpha value is -1.79. The van der Waals surface area contributed by atoms with Gasteiger partial charge in [0.1, 0.15) is 0 Å². The van der Waals surface area contributed by atoms with Gasteiger partial charge in [0.05, 0.1) is 5.92 Å². The highest BCUT2D eigenvalue weighted by Gasteiger charge is 2.26. The number of nitrogens with zero attached hydrogens (tertiary/aromatic N) is 3. The number of nitrogens with two attached hydrogens (primary N) is 1. The standard InChI is InChI=1S/C9H16N6O/c1-11-7(16)6-3-2-4-15(5-6)9-12-8(10)13-14-9/h6H,2-5H2,1H3,(H,11,16)(H3,10,12,13,14). The number of aromatic nitrogens is 3. The molecule has 1 saturated heterocycles. The molecule has 1 atom stereocenters. The first-order valence-electron chi connectivity index (χ1n) is 5.35. The van der Waals surface area contributed by atoms with Gasteiger partial charge in [-0.25, -0.2) is 5.10 Å². The summed E-state index contributed by atoms with van der Waals surface area (Å²) in [6, 6.07) is 0. The maximum Gasteiger partial charge on any atom is 0.246 e. The number of hydrogen-bond acceptors (Lipinski definition) is 5. The van der Waals surface area contributed by atoms with Gasteiger partial charge < -0.3 is 16.0 Å². The normalized spacial score (nSPS) is 20.8. The fourth-order valence-electron chi connectivity index (χ4n) is 1.98.